The van der Waals surface area contributed by atoms with Gasteiger partial charge in [-0.15, -0.1) is 0 Å². The smallest absolute Gasteiger partial charge is 0.273 e. The second-order valence-corrected chi connectivity index (χ2v) is 6.35. The van der Waals surface area contributed by atoms with E-state index in [1.54, 1.807) is 18.2 Å². The lowest BCUT2D eigenvalue weighted by molar-refractivity contribution is -0.385. The van der Waals surface area contributed by atoms with Gasteiger partial charge in [0, 0.05) is 50.0 Å². The van der Waals surface area contributed by atoms with E-state index >= 15 is 0 Å². The molecule has 0 aliphatic carbocycles. The lowest BCUT2D eigenvalue weighted by Crippen LogP contribution is -2.48. The van der Waals surface area contributed by atoms with Crippen molar-refractivity contribution in [3.8, 4) is 0 Å². The Morgan fingerprint density at radius 2 is 1.58 bits per heavy atom. The van der Waals surface area contributed by atoms with Crippen molar-refractivity contribution < 1.29 is 9.72 Å². The minimum absolute atomic E-state index is 0.0247. The predicted molar refractivity (Wildman–Crippen MR) is 99.9 cm³/mol. The maximum Gasteiger partial charge on any atom is 0.273 e. The first-order valence-corrected chi connectivity index (χ1v) is 8.64. The lowest BCUT2D eigenvalue weighted by atomic mass is 10.1. The number of carbonyl (C=O) groups excluding carboxylic acids is 1. The fraction of sp³-hybridized carbons (Fsp3) is 0.316. The number of para-hydroxylation sites is 2. The molecule has 26 heavy (non-hydrogen) atoms. The van der Waals surface area contributed by atoms with Crippen LogP contribution in [0.4, 0.5) is 11.4 Å². The molecule has 1 fully saturated rings. The van der Waals surface area contributed by atoms with Crippen LogP contribution in [0.15, 0.2) is 54.6 Å². The number of hydrogen-bond acceptors (Lipinski definition) is 5. The van der Waals surface area contributed by atoms with Gasteiger partial charge in [0.25, 0.3) is 5.69 Å². The molecular formula is C19H22N4O3. The highest BCUT2D eigenvalue weighted by Crippen LogP contribution is 2.20. The predicted octanol–water partition coefficient (Wildman–Crippen LogP) is 2.35. The molecule has 3 rings (SSSR count). The van der Waals surface area contributed by atoms with Gasteiger partial charge in [-0.2, -0.15) is 0 Å². The minimum Gasteiger partial charge on any atom is -0.325 e. The van der Waals surface area contributed by atoms with E-state index in [1.165, 1.54) is 0 Å². The number of benzene rings is 2. The molecule has 0 radical (unpaired) electrons. The quantitative estimate of drug-likeness (QED) is 0.636. The number of nitro groups is 1. The maximum absolute atomic E-state index is 12.1. The van der Waals surface area contributed by atoms with E-state index in [4.69, 9.17) is 0 Å². The Balaban J connectivity index is 1.47. The van der Waals surface area contributed by atoms with Crippen LogP contribution in [-0.2, 0) is 11.3 Å². The molecule has 2 aromatic carbocycles. The Morgan fingerprint density at radius 1 is 0.962 bits per heavy atom. The largest absolute Gasteiger partial charge is 0.325 e. The number of piperazine rings is 1. The summed E-state index contributed by atoms with van der Waals surface area (Å²) in [6.07, 6.45) is 0. The summed E-state index contributed by atoms with van der Waals surface area (Å²) in [6.45, 7) is 4.01. The summed E-state index contributed by atoms with van der Waals surface area (Å²) < 4.78 is 0. The summed E-state index contributed by atoms with van der Waals surface area (Å²) in [5.74, 6) is -0.0247. The summed E-state index contributed by atoms with van der Waals surface area (Å²) in [6, 6.07) is 16.3. The number of anilines is 1. The normalized spacial score (nSPS) is 15.5. The Labute approximate surface area is 152 Å². The summed E-state index contributed by atoms with van der Waals surface area (Å²) in [5.41, 5.74) is 1.69. The lowest BCUT2D eigenvalue weighted by Gasteiger charge is -2.34. The van der Waals surface area contributed by atoms with Crippen LogP contribution in [0.2, 0.25) is 0 Å². The fourth-order valence-electron chi connectivity index (χ4n) is 3.09. The number of hydrogen-bond donors (Lipinski definition) is 1. The average Bonchev–Trinajstić information content (AvgIpc) is 2.64. The molecule has 0 bridgehead atoms. The monoisotopic (exact) mass is 354 g/mol. The Kier molecular flexibility index (Phi) is 5.93. The Hall–Kier alpha value is -2.77. The zero-order valence-electron chi connectivity index (χ0n) is 14.5. The Bertz CT molecular complexity index is 758. The third-order valence-electron chi connectivity index (χ3n) is 4.47. The van der Waals surface area contributed by atoms with Crippen LogP contribution in [0.25, 0.3) is 0 Å². The molecule has 1 N–H and O–H groups in total. The number of rotatable bonds is 6. The molecule has 136 valence electrons. The van der Waals surface area contributed by atoms with Gasteiger partial charge in [0.1, 0.15) is 0 Å². The van der Waals surface area contributed by atoms with Gasteiger partial charge in [0.2, 0.25) is 5.91 Å². The third-order valence-corrected chi connectivity index (χ3v) is 4.47. The highest BCUT2D eigenvalue weighted by atomic mass is 16.6. The highest BCUT2D eigenvalue weighted by Gasteiger charge is 2.21. The van der Waals surface area contributed by atoms with Crippen molar-refractivity contribution in [2.75, 3.05) is 38.0 Å². The molecule has 2 aromatic rings. The average molecular weight is 354 g/mol. The van der Waals surface area contributed by atoms with Gasteiger partial charge in [0.15, 0.2) is 0 Å². The van der Waals surface area contributed by atoms with Crippen LogP contribution in [0.3, 0.4) is 0 Å². The fourth-order valence-corrected chi connectivity index (χ4v) is 3.09. The number of nitro benzene ring substituents is 1. The van der Waals surface area contributed by atoms with Crippen molar-refractivity contribution in [2.24, 2.45) is 0 Å². The topological polar surface area (TPSA) is 78.7 Å². The van der Waals surface area contributed by atoms with Gasteiger partial charge in [-0.3, -0.25) is 24.7 Å². The third kappa shape index (κ3) is 4.87. The second-order valence-electron chi connectivity index (χ2n) is 6.35. The van der Waals surface area contributed by atoms with Gasteiger partial charge in [0.05, 0.1) is 11.5 Å². The minimum atomic E-state index is -0.334. The summed E-state index contributed by atoms with van der Waals surface area (Å²) in [7, 11) is 0. The van der Waals surface area contributed by atoms with Crippen LogP contribution in [0, 0.1) is 10.1 Å². The standard InChI is InChI=1S/C19H22N4O3/c24-19(20-17-7-2-1-3-8-17)15-22-12-10-21(11-13-22)14-16-6-4-5-9-18(16)23(25)26/h1-9H,10-15H2,(H,20,24). The van der Waals surface area contributed by atoms with Crippen molar-refractivity contribution in [2.45, 2.75) is 6.54 Å². The van der Waals surface area contributed by atoms with E-state index in [-0.39, 0.29) is 16.5 Å². The zero-order chi connectivity index (χ0) is 18.4. The first-order valence-electron chi connectivity index (χ1n) is 8.64. The van der Waals surface area contributed by atoms with Crippen molar-refractivity contribution in [3.63, 3.8) is 0 Å². The number of nitrogens with one attached hydrogen (secondary N) is 1. The van der Waals surface area contributed by atoms with E-state index in [2.05, 4.69) is 15.1 Å². The number of nitrogens with zero attached hydrogens (tertiary/aromatic N) is 3. The van der Waals surface area contributed by atoms with E-state index in [0.717, 1.165) is 37.4 Å². The van der Waals surface area contributed by atoms with Crippen molar-refractivity contribution >= 4 is 17.3 Å². The molecule has 1 aliphatic rings. The van der Waals surface area contributed by atoms with Gasteiger partial charge in [-0.05, 0) is 12.1 Å². The Morgan fingerprint density at radius 3 is 2.27 bits per heavy atom. The van der Waals surface area contributed by atoms with Crippen LogP contribution < -0.4 is 5.32 Å². The van der Waals surface area contributed by atoms with Crippen molar-refractivity contribution in [1.29, 1.82) is 0 Å². The molecule has 1 amide bonds. The van der Waals surface area contributed by atoms with E-state index in [0.29, 0.717) is 13.1 Å². The summed E-state index contributed by atoms with van der Waals surface area (Å²) in [5, 5.41) is 14.0. The molecule has 1 heterocycles. The number of carbonyl (C=O) groups is 1. The van der Waals surface area contributed by atoms with Crippen LogP contribution in [-0.4, -0.2) is 53.4 Å². The molecule has 0 atom stereocenters. The van der Waals surface area contributed by atoms with Crippen LogP contribution >= 0.6 is 0 Å². The van der Waals surface area contributed by atoms with Gasteiger partial charge in [-0.25, -0.2) is 0 Å². The first kappa shape index (κ1) is 18.0. The zero-order valence-corrected chi connectivity index (χ0v) is 14.5. The van der Waals surface area contributed by atoms with Gasteiger partial charge in [-0.1, -0.05) is 36.4 Å². The number of amides is 1. The van der Waals surface area contributed by atoms with E-state index in [1.807, 2.05) is 36.4 Å². The molecule has 7 heteroatoms. The molecular weight excluding hydrogens is 332 g/mol. The van der Waals surface area contributed by atoms with Crippen molar-refractivity contribution in [3.05, 3.63) is 70.3 Å². The summed E-state index contributed by atoms with van der Waals surface area (Å²) in [4.78, 5) is 27.2. The highest BCUT2D eigenvalue weighted by molar-refractivity contribution is 5.92. The SMILES string of the molecule is O=C(CN1CCN(Cc2ccccc2[N+](=O)[O-])CC1)Nc1ccccc1. The van der Waals surface area contributed by atoms with Gasteiger partial charge >= 0.3 is 0 Å². The maximum atomic E-state index is 12.1. The first-order chi connectivity index (χ1) is 12.6. The molecule has 0 unspecified atom stereocenters. The molecule has 1 saturated heterocycles. The van der Waals surface area contributed by atoms with Crippen LogP contribution in [0.5, 0.6) is 0 Å². The molecule has 0 saturated carbocycles. The molecule has 0 spiro atoms. The molecule has 0 aromatic heterocycles. The van der Waals surface area contributed by atoms with E-state index in [9.17, 15) is 14.9 Å². The van der Waals surface area contributed by atoms with E-state index < -0.39 is 0 Å². The second kappa shape index (κ2) is 8.55. The summed E-state index contributed by atoms with van der Waals surface area (Å²) >= 11 is 0. The molecule has 7 nitrogen and oxygen atoms in total. The van der Waals surface area contributed by atoms with Crippen LogP contribution in [0.1, 0.15) is 5.56 Å². The van der Waals surface area contributed by atoms with Gasteiger partial charge < -0.3 is 5.32 Å². The van der Waals surface area contributed by atoms with Crippen molar-refractivity contribution in [1.82, 2.24) is 9.80 Å². The molecule has 1 aliphatic heterocycles.